The normalized spacial score (nSPS) is 15.0. The van der Waals surface area contributed by atoms with Crippen molar-refractivity contribution in [3.63, 3.8) is 0 Å². The molecule has 10 heteroatoms. The minimum Gasteiger partial charge on any atom is -0.379 e. The molecule has 1 aliphatic rings. The number of amides is 1. The van der Waals surface area contributed by atoms with Gasteiger partial charge in [0.2, 0.25) is 5.91 Å². The van der Waals surface area contributed by atoms with E-state index in [1.807, 2.05) is 6.92 Å². The van der Waals surface area contributed by atoms with Gasteiger partial charge >= 0.3 is 0 Å². The first-order valence-corrected chi connectivity index (χ1v) is 10.7. The van der Waals surface area contributed by atoms with Gasteiger partial charge in [-0.05, 0) is 26.8 Å². The van der Waals surface area contributed by atoms with Crippen LogP contribution in [0.25, 0.3) is 0 Å². The number of guanidine groups is 1. The van der Waals surface area contributed by atoms with Gasteiger partial charge in [-0.2, -0.15) is 0 Å². The van der Waals surface area contributed by atoms with Gasteiger partial charge in [0.05, 0.1) is 23.9 Å². The fraction of sp³-hybridized carbons (Fsp3) is 0.737. The lowest BCUT2D eigenvalue weighted by molar-refractivity contribution is -0.127. The standard InChI is InChI=1S/C19H34N6O2S.HI/c1-15-16(2)28-17(23-15)6-8-21-19(22-14-18(26)24(3)4)20-7-5-9-25-10-12-27-13-11-25;/h5-14H2,1-4H3,(H2,20,21,22);1H. The van der Waals surface area contributed by atoms with E-state index in [1.165, 1.54) is 4.88 Å². The highest BCUT2D eigenvalue weighted by Crippen LogP contribution is 2.16. The topological polar surface area (TPSA) is 82.1 Å². The molecule has 8 nitrogen and oxygen atoms in total. The maximum atomic E-state index is 11.9. The number of ether oxygens (including phenoxy) is 1. The van der Waals surface area contributed by atoms with Crippen molar-refractivity contribution >= 4 is 47.2 Å². The predicted octanol–water partition coefficient (Wildman–Crippen LogP) is 1.27. The first-order chi connectivity index (χ1) is 13.5. The Labute approximate surface area is 195 Å². The molecule has 1 amide bonds. The first-order valence-electron chi connectivity index (χ1n) is 9.91. The molecular weight excluding hydrogens is 503 g/mol. The van der Waals surface area contributed by atoms with Crippen LogP contribution >= 0.6 is 35.3 Å². The number of morpholine rings is 1. The van der Waals surface area contributed by atoms with E-state index in [-0.39, 0.29) is 36.4 Å². The monoisotopic (exact) mass is 538 g/mol. The Morgan fingerprint density at radius 3 is 2.55 bits per heavy atom. The Morgan fingerprint density at radius 1 is 1.24 bits per heavy atom. The van der Waals surface area contributed by atoms with E-state index >= 15 is 0 Å². The van der Waals surface area contributed by atoms with E-state index in [0.29, 0.717) is 5.96 Å². The molecule has 0 atom stereocenters. The lowest BCUT2D eigenvalue weighted by Crippen LogP contribution is -2.41. The van der Waals surface area contributed by atoms with E-state index in [9.17, 15) is 4.79 Å². The second-order valence-corrected chi connectivity index (χ2v) is 8.40. The average Bonchev–Trinajstić information content (AvgIpc) is 3.00. The van der Waals surface area contributed by atoms with Crippen molar-refractivity contribution < 1.29 is 9.53 Å². The molecule has 166 valence electrons. The number of nitrogens with zero attached hydrogens (tertiary/aromatic N) is 4. The highest BCUT2D eigenvalue weighted by Gasteiger charge is 2.10. The lowest BCUT2D eigenvalue weighted by atomic mass is 10.3. The zero-order chi connectivity index (χ0) is 20.4. The minimum atomic E-state index is -0.0133. The number of rotatable bonds is 9. The molecule has 1 aromatic rings. The fourth-order valence-electron chi connectivity index (χ4n) is 2.73. The third-order valence-electron chi connectivity index (χ3n) is 4.62. The maximum Gasteiger partial charge on any atom is 0.243 e. The van der Waals surface area contributed by atoms with Crippen LogP contribution in [0, 0.1) is 13.8 Å². The summed E-state index contributed by atoms with van der Waals surface area (Å²) in [5, 5.41) is 7.80. The molecule has 0 aliphatic carbocycles. The molecule has 1 saturated heterocycles. The molecule has 29 heavy (non-hydrogen) atoms. The molecule has 1 aromatic heterocycles. The summed E-state index contributed by atoms with van der Waals surface area (Å²) in [5.41, 5.74) is 1.10. The van der Waals surface area contributed by atoms with Crippen molar-refractivity contribution in [3.8, 4) is 0 Å². The summed E-state index contributed by atoms with van der Waals surface area (Å²) < 4.78 is 5.38. The number of likely N-dealkylation sites (N-methyl/N-ethyl adjacent to an activating group) is 1. The average molecular weight is 539 g/mol. The summed E-state index contributed by atoms with van der Waals surface area (Å²) in [4.78, 5) is 26.1. The van der Waals surface area contributed by atoms with Crippen LogP contribution in [0.15, 0.2) is 4.99 Å². The predicted molar refractivity (Wildman–Crippen MR) is 130 cm³/mol. The number of halogens is 1. The van der Waals surface area contributed by atoms with Gasteiger partial charge in [0.15, 0.2) is 5.96 Å². The first kappa shape index (κ1) is 26.1. The third-order valence-corrected chi connectivity index (χ3v) is 5.76. The van der Waals surface area contributed by atoms with Gasteiger partial charge in [-0.25, -0.2) is 9.98 Å². The lowest BCUT2D eigenvalue weighted by Gasteiger charge is -2.26. The van der Waals surface area contributed by atoms with Gasteiger partial charge in [0.1, 0.15) is 6.54 Å². The van der Waals surface area contributed by atoms with Crippen molar-refractivity contribution in [3.05, 3.63) is 15.6 Å². The Balaban J connectivity index is 0.00000420. The Morgan fingerprint density at radius 2 is 1.93 bits per heavy atom. The van der Waals surface area contributed by atoms with E-state index in [2.05, 4.69) is 32.4 Å². The van der Waals surface area contributed by atoms with Crippen molar-refractivity contribution in [2.24, 2.45) is 4.99 Å². The molecule has 0 spiro atoms. The molecule has 0 saturated carbocycles. The van der Waals surface area contributed by atoms with E-state index in [0.717, 1.165) is 69.5 Å². The van der Waals surface area contributed by atoms with E-state index in [4.69, 9.17) is 4.74 Å². The molecular formula is C19H35IN6O2S. The van der Waals surface area contributed by atoms with Crippen molar-refractivity contribution in [1.82, 2.24) is 25.4 Å². The second kappa shape index (κ2) is 14.1. The Hall–Kier alpha value is -0.980. The summed E-state index contributed by atoms with van der Waals surface area (Å²) in [6, 6.07) is 0. The summed E-state index contributed by atoms with van der Waals surface area (Å²) in [6.07, 6.45) is 1.86. The number of aryl methyl sites for hydroxylation is 2. The molecule has 0 radical (unpaired) electrons. The van der Waals surface area contributed by atoms with Crippen LogP contribution in [0.5, 0.6) is 0 Å². The molecule has 1 fully saturated rings. The van der Waals surface area contributed by atoms with Crippen molar-refractivity contribution in [2.75, 3.05) is 66.6 Å². The van der Waals surface area contributed by atoms with Gasteiger partial charge < -0.3 is 20.3 Å². The summed E-state index contributed by atoms with van der Waals surface area (Å²) in [6.45, 7) is 10.5. The van der Waals surface area contributed by atoms with Crippen molar-refractivity contribution in [2.45, 2.75) is 26.7 Å². The fourth-order valence-corrected chi connectivity index (χ4v) is 3.66. The quantitative estimate of drug-likeness (QED) is 0.213. The molecule has 2 rings (SSSR count). The van der Waals surface area contributed by atoms with Crippen LogP contribution in [0.4, 0.5) is 0 Å². The minimum absolute atomic E-state index is 0. The van der Waals surface area contributed by atoms with E-state index in [1.54, 1.807) is 30.3 Å². The van der Waals surface area contributed by atoms with Crippen LogP contribution in [0.3, 0.4) is 0 Å². The second-order valence-electron chi connectivity index (χ2n) is 7.11. The molecule has 1 aliphatic heterocycles. The van der Waals surface area contributed by atoms with Crippen LogP contribution in [-0.2, 0) is 16.0 Å². The highest BCUT2D eigenvalue weighted by atomic mass is 127. The Kier molecular flexibility index (Phi) is 12.7. The number of nitrogens with one attached hydrogen (secondary N) is 2. The third kappa shape index (κ3) is 10.1. The van der Waals surface area contributed by atoms with Crippen molar-refractivity contribution in [1.29, 1.82) is 0 Å². The van der Waals surface area contributed by atoms with Gasteiger partial charge in [-0.1, -0.05) is 0 Å². The molecule has 2 N–H and O–H groups in total. The molecule has 0 bridgehead atoms. The summed E-state index contributed by atoms with van der Waals surface area (Å²) >= 11 is 1.74. The Bertz CT molecular complexity index is 627. The molecule has 2 heterocycles. The number of carbonyl (C=O) groups is 1. The van der Waals surface area contributed by atoms with Crippen LogP contribution in [-0.4, -0.2) is 93.2 Å². The van der Waals surface area contributed by atoms with Gasteiger partial charge in [-0.3, -0.25) is 9.69 Å². The number of carbonyl (C=O) groups excluding carboxylic acids is 1. The van der Waals surface area contributed by atoms with Gasteiger partial charge in [-0.15, -0.1) is 35.3 Å². The number of thiazole rings is 1. The zero-order valence-corrected chi connectivity index (χ0v) is 21.1. The van der Waals surface area contributed by atoms with Crippen LogP contribution in [0.1, 0.15) is 22.0 Å². The zero-order valence-electron chi connectivity index (χ0n) is 18.0. The van der Waals surface area contributed by atoms with Gasteiger partial charge in [0.25, 0.3) is 0 Å². The number of hydrogen-bond acceptors (Lipinski definition) is 6. The van der Waals surface area contributed by atoms with Crippen LogP contribution < -0.4 is 10.6 Å². The highest BCUT2D eigenvalue weighted by molar-refractivity contribution is 14.0. The van der Waals surface area contributed by atoms with Crippen LogP contribution in [0.2, 0.25) is 0 Å². The largest absolute Gasteiger partial charge is 0.379 e. The number of aliphatic imine (C=N–C) groups is 1. The van der Waals surface area contributed by atoms with E-state index < -0.39 is 0 Å². The maximum absolute atomic E-state index is 11.9. The van der Waals surface area contributed by atoms with Gasteiger partial charge in [0, 0.05) is 51.6 Å². The smallest absolute Gasteiger partial charge is 0.243 e. The summed E-state index contributed by atoms with van der Waals surface area (Å²) in [7, 11) is 3.49. The summed E-state index contributed by atoms with van der Waals surface area (Å²) in [5.74, 6) is 0.669. The number of hydrogen-bond donors (Lipinski definition) is 2. The SMILES string of the molecule is Cc1nc(CCNC(=NCC(=O)N(C)C)NCCCN2CCOCC2)sc1C.I. The number of aromatic nitrogens is 1. The molecule has 0 aromatic carbocycles. The molecule has 0 unspecified atom stereocenters.